The average molecular weight is 177 g/mol. The van der Waals surface area contributed by atoms with Crippen LogP contribution in [-0.2, 0) is 12.8 Å². The molecule has 0 atom stereocenters. The third-order valence-corrected chi connectivity index (χ3v) is 2.09. The molecular formula is C12H19N. The van der Waals surface area contributed by atoms with Crippen LogP contribution >= 0.6 is 0 Å². The van der Waals surface area contributed by atoms with Crippen molar-refractivity contribution in [3.63, 3.8) is 0 Å². The quantitative estimate of drug-likeness (QED) is 0.754. The van der Waals surface area contributed by atoms with Crippen molar-refractivity contribution in [1.29, 1.82) is 0 Å². The second-order valence-electron chi connectivity index (χ2n) is 4.34. The van der Waals surface area contributed by atoms with E-state index in [-0.39, 0.29) is 5.54 Å². The molecule has 2 N–H and O–H groups in total. The van der Waals surface area contributed by atoms with E-state index < -0.39 is 0 Å². The Morgan fingerprint density at radius 1 is 1.08 bits per heavy atom. The summed E-state index contributed by atoms with van der Waals surface area (Å²) in [5.74, 6) is 0. The Hall–Kier alpha value is -0.820. The molecule has 0 aliphatic rings. The van der Waals surface area contributed by atoms with Crippen molar-refractivity contribution < 1.29 is 0 Å². The monoisotopic (exact) mass is 177 g/mol. The van der Waals surface area contributed by atoms with Crippen molar-refractivity contribution in [3.05, 3.63) is 35.4 Å². The highest BCUT2D eigenvalue weighted by atomic mass is 14.7. The Labute approximate surface area is 81.0 Å². The highest BCUT2D eigenvalue weighted by Crippen LogP contribution is 2.11. The molecule has 0 amide bonds. The van der Waals surface area contributed by atoms with Crippen molar-refractivity contribution in [3.8, 4) is 0 Å². The van der Waals surface area contributed by atoms with Crippen LogP contribution < -0.4 is 5.73 Å². The smallest absolute Gasteiger partial charge is 0.0138 e. The number of rotatable bonds is 3. The first kappa shape index (κ1) is 10.3. The van der Waals surface area contributed by atoms with Crippen LogP contribution in [0.5, 0.6) is 0 Å². The van der Waals surface area contributed by atoms with E-state index in [1.54, 1.807) is 0 Å². The van der Waals surface area contributed by atoms with Crippen molar-refractivity contribution in [1.82, 2.24) is 0 Å². The maximum atomic E-state index is 5.94. The summed E-state index contributed by atoms with van der Waals surface area (Å²) in [6.45, 7) is 6.28. The van der Waals surface area contributed by atoms with Gasteiger partial charge in [-0.2, -0.15) is 0 Å². The molecule has 1 rings (SSSR count). The van der Waals surface area contributed by atoms with E-state index in [0.29, 0.717) is 0 Å². The van der Waals surface area contributed by atoms with E-state index in [2.05, 4.69) is 45.0 Å². The number of hydrogen-bond acceptors (Lipinski definition) is 1. The predicted octanol–water partition coefficient (Wildman–Crippen LogP) is 2.53. The molecule has 0 saturated carbocycles. The van der Waals surface area contributed by atoms with Gasteiger partial charge >= 0.3 is 0 Å². The predicted molar refractivity (Wildman–Crippen MR) is 57.8 cm³/mol. The zero-order valence-corrected chi connectivity index (χ0v) is 8.80. The SMILES string of the molecule is CCc1ccc(CC(C)(C)N)cc1. The van der Waals surface area contributed by atoms with Crippen LogP contribution in [0, 0.1) is 0 Å². The molecule has 0 saturated heterocycles. The van der Waals surface area contributed by atoms with Crippen LogP contribution in [0.2, 0.25) is 0 Å². The first-order valence-electron chi connectivity index (χ1n) is 4.88. The highest BCUT2D eigenvalue weighted by molar-refractivity contribution is 5.23. The lowest BCUT2D eigenvalue weighted by molar-refractivity contribution is 0.517. The highest BCUT2D eigenvalue weighted by Gasteiger charge is 2.10. The summed E-state index contributed by atoms with van der Waals surface area (Å²) in [6, 6.07) is 8.71. The summed E-state index contributed by atoms with van der Waals surface area (Å²) < 4.78 is 0. The molecule has 13 heavy (non-hydrogen) atoms. The third kappa shape index (κ3) is 3.60. The van der Waals surface area contributed by atoms with Crippen molar-refractivity contribution in [2.45, 2.75) is 39.2 Å². The second kappa shape index (κ2) is 3.93. The van der Waals surface area contributed by atoms with Crippen LogP contribution in [0.15, 0.2) is 24.3 Å². The summed E-state index contributed by atoms with van der Waals surface area (Å²) in [5, 5.41) is 0. The lowest BCUT2D eigenvalue weighted by Crippen LogP contribution is -2.34. The molecule has 0 bridgehead atoms. The first-order chi connectivity index (χ1) is 6.01. The van der Waals surface area contributed by atoms with Crippen molar-refractivity contribution in [2.75, 3.05) is 0 Å². The topological polar surface area (TPSA) is 26.0 Å². The van der Waals surface area contributed by atoms with E-state index in [4.69, 9.17) is 5.73 Å². The van der Waals surface area contributed by atoms with Crippen LogP contribution in [0.25, 0.3) is 0 Å². The molecule has 0 fully saturated rings. The Morgan fingerprint density at radius 2 is 1.54 bits per heavy atom. The van der Waals surface area contributed by atoms with Crippen LogP contribution in [0.3, 0.4) is 0 Å². The van der Waals surface area contributed by atoms with E-state index >= 15 is 0 Å². The normalized spacial score (nSPS) is 11.7. The first-order valence-corrected chi connectivity index (χ1v) is 4.88. The minimum absolute atomic E-state index is 0.103. The van der Waals surface area contributed by atoms with E-state index in [0.717, 1.165) is 12.8 Å². The summed E-state index contributed by atoms with van der Waals surface area (Å²) in [6.07, 6.45) is 2.04. The zero-order chi connectivity index (χ0) is 9.90. The molecule has 1 aromatic rings. The van der Waals surface area contributed by atoms with Gasteiger partial charge in [-0.3, -0.25) is 0 Å². The molecule has 1 heteroatoms. The van der Waals surface area contributed by atoms with Crippen LogP contribution in [-0.4, -0.2) is 5.54 Å². The summed E-state index contributed by atoms with van der Waals surface area (Å²) in [4.78, 5) is 0. The van der Waals surface area contributed by atoms with E-state index in [1.807, 2.05) is 0 Å². The zero-order valence-electron chi connectivity index (χ0n) is 8.80. The van der Waals surface area contributed by atoms with Gasteiger partial charge in [-0.1, -0.05) is 31.2 Å². The van der Waals surface area contributed by atoms with Gasteiger partial charge in [-0.15, -0.1) is 0 Å². The minimum atomic E-state index is -0.103. The Balaban J connectivity index is 2.70. The number of aryl methyl sites for hydroxylation is 1. The minimum Gasteiger partial charge on any atom is -0.325 e. The standard InChI is InChI=1S/C12H19N/c1-4-10-5-7-11(8-6-10)9-12(2,3)13/h5-8H,4,9,13H2,1-3H3. The maximum Gasteiger partial charge on any atom is 0.0138 e. The number of benzene rings is 1. The third-order valence-electron chi connectivity index (χ3n) is 2.09. The molecule has 1 aromatic carbocycles. The molecule has 0 aliphatic carbocycles. The lowest BCUT2D eigenvalue weighted by atomic mass is 9.95. The fourth-order valence-corrected chi connectivity index (χ4v) is 1.42. The summed E-state index contributed by atoms with van der Waals surface area (Å²) >= 11 is 0. The Bertz CT molecular complexity index is 253. The molecule has 72 valence electrons. The van der Waals surface area contributed by atoms with Gasteiger partial charge in [0.05, 0.1) is 0 Å². The fraction of sp³-hybridized carbons (Fsp3) is 0.500. The number of hydrogen-bond donors (Lipinski definition) is 1. The van der Waals surface area contributed by atoms with Gasteiger partial charge in [-0.25, -0.2) is 0 Å². The van der Waals surface area contributed by atoms with E-state index in [9.17, 15) is 0 Å². The van der Waals surface area contributed by atoms with Gasteiger partial charge in [0.25, 0.3) is 0 Å². The molecule has 0 unspecified atom stereocenters. The molecule has 0 aliphatic heterocycles. The van der Waals surface area contributed by atoms with Gasteiger partial charge in [0.15, 0.2) is 0 Å². The van der Waals surface area contributed by atoms with Gasteiger partial charge in [0, 0.05) is 5.54 Å². The van der Waals surface area contributed by atoms with Crippen molar-refractivity contribution in [2.24, 2.45) is 5.73 Å². The summed E-state index contributed by atoms with van der Waals surface area (Å²) in [7, 11) is 0. The number of nitrogens with two attached hydrogens (primary N) is 1. The van der Waals surface area contributed by atoms with E-state index in [1.165, 1.54) is 11.1 Å². The molecule has 0 heterocycles. The van der Waals surface area contributed by atoms with Crippen LogP contribution in [0.4, 0.5) is 0 Å². The van der Waals surface area contributed by atoms with Gasteiger partial charge in [0.1, 0.15) is 0 Å². The Morgan fingerprint density at radius 3 is 1.92 bits per heavy atom. The lowest BCUT2D eigenvalue weighted by Gasteiger charge is -2.18. The molecule has 0 radical (unpaired) electrons. The van der Waals surface area contributed by atoms with Crippen molar-refractivity contribution >= 4 is 0 Å². The molecule has 0 spiro atoms. The largest absolute Gasteiger partial charge is 0.325 e. The second-order valence-corrected chi connectivity index (χ2v) is 4.34. The summed E-state index contributed by atoms with van der Waals surface area (Å²) in [5.41, 5.74) is 8.55. The molecule has 0 aromatic heterocycles. The van der Waals surface area contributed by atoms with Crippen LogP contribution in [0.1, 0.15) is 31.9 Å². The fourth-order valence-electron chi connectivity index (χ4n) is 1.42. The molecular weight excluding hydrogens is 158 g/mol. The maximum absolute atomic E-state index is 5.94. The Kier molecular flexibility index (Phi) is 3.10. The molecule has 1 nitrogen and oxygen atoms in total. The average Bonchev–Trinajstić information content (AvgIpc) is 2.03. The van der Waals surface area contributed by atoms with Gasteiger partial charge in [-0.05, 0) is 37.8 Å². The van der Waals surface area contributed by atoms with Gasteiger partial charge in [0.2, 0.25) is 0 Å². The van der Waals surface area contributed by atoms with Gasteiger partial charge < -0.3 is 5.73 Å².